The molecule has 1 aliphatic carbocycles. The number of methoxy groups -OCH3 is 3. The number of aliphatic hydroxyl groups excluding tert-OH is 2. The number of esters is 1. The van der Waals surface area contributed by atoms with Gasteiger partial charge in [-0.2, -0.15) is 0 Å². The molecule has 0 aromatic carbocycles. The van der Waals surface area contributed by atoms with Crippen molar-refractivity contribution in [3.8, 4) is 0 Å². The number of hydrogen-bond acceptors (Lipinski definition) is 13. The number of amides is 1. The normalized spacial score (nSPS) is 40.4. The summed E-state index contributed by atoms with van der Waals surface area (Å²) in [6.07, 6.45) is 11.2. The van der Waals surface area contributed by atoms with Crippen LogP contribution in [0.1, 0.15) is 126 Å². The largest absolute Gasteiger partial charge is 0.460 e. The summed E-state index contributed by atoms with van der Waals surface area (Å²) in [6.45, 7) is 12.7. The zero-order valence-electron chi connectivity index (χ0n) is 40.6. The van der Waals surface area contributed by atoms with Crippen LogP contribution < -0.4 is 0 Å². The lowest BCUT2D eigenvalue weighted by atomic mass is 9.78. The second-order valence-electron chi connectivity index (χ2n) is 19.6. The molecule has 14 nitrogen and oxygen atoms in total. The Labute approximate surface area is 387 Å². The molecule has 15 atom stereocenters. The molecule has 1 amide bonds. The Kier molecular flexibility index (Phi) is 21.0. The van der Waals surface area contributed by atoms with Crippen LogP contribution in [-0.4, -0.2) is 132 Å². The lowest BCUT2D eigenvalue weighted by Crippen LogP contribution is -2.61. The van der Waals surface area contributed by atoms with Gasteiger partial charge in [-0.3, -0.25) is 19.2 Å². The smallest absolute Gasteiger partial charge is 0.329 e. The molecule has 4 rings (SSSR count). The Morgan fingerprint density at radius 3 is 2.25 bits per heavy atom. The molecule has 0 spiro atoms. The van der Waals surface area contributed by atoms with Gasteiger partial charge >= 0.3 is 5.97 Å². The molecule has 65 heavy (non-hydrogen) atoms. The van der Waals surface area contributed by atoms with Crippen LogP contribution >= 0.6 is 0 Å². The molecule has 0 radical (unpaired) electrons. The monoisotopic (exact) mass is 914 g/mol. The van der Waals surface area contributed by atoms with Crippen LogP contribution in [0, 0.1) is 35.5 Å². The number of fused-ring (bicyclic) bond motifs is 3. The first-order valence-corrected chi connectivity index (χ1v) is 23.9. The van der Waals surface area contributed by atoms with E-state index in [4.69, 9.17) is 23.7 Å². The fourth-order valence-corrected chi connectivity index (χ4v) is 10.1. The van der Waals surface area contributed by atoms with Crippen LogP contribution in [-0.2, 0) is 47.7 Å². The number of aliphatic hydroxyl groups is 3. The van der Waals surface area contributed by atoms with Crippen molar-refractivity contribution in [2.75, 3.05) is 27.9 Å². The number of carbonyl (C=O) groups is 5. The first-order chi connectivity index (χ1) is 30.7. The van der Waals surface area contributed by atoms with Crippen LogP contribution in [0.5, 0.6) is 0 Å². The maximum absolute atomic E-state index is 14.4. The lowest BCUT2D eigenvalue weighted by Gasteiger charge is -2.42. The summed E-state index contributed by atoms with van der Waals surface area (Å²) in [5.74, 6) is -7.96. The first-order valence-electron chi connectivity index (χ1n) is 23.9. The number of allylic oxidation sites excluding steroid dienone is 6. The Bertz CT molecular complexity index is 1760. The Balaban J connectivity index is 1.70. The summed E-state index contributed by atoms with van der Waals surface area (Å²) in [4.78, 5) is 71.8. The number of Topliss-reactive ketones (excluding diaryl/α,β-unsaturated/α-hetero) is 3. The number of piperidine rings is 1. The van der Waals surface area contributed by atoms with Crippen molar-refractivity contribution in [3.63, 3.8) is 0 Å². The predicted molar refractivity (Wildman–Crippen MR) is 245 cm³/mol. The van der Waals surface area contributed by atoms with Gasteiger partial charge in [0.1, 0.15) is 30.1 Å². The van der Waals surface area contributed by atoms with Crippen LogP contribution in [0.25, 0.3) is 0 Å². The SMILES string of the molecule is COC1CC(CC(C)[C@@H]2CC(=O)C(C)/C=C(\C)[C@@H](O)C(OC)C(=O)C(C)CC(C)/C=C/C=C/C=C(\C)[C@@H](OC)C[C@@H]3CCC(C)C(O)(O3)C(=O)C(=O)N3CCCCC3C(=O)O2)CCC1O. The molecule has 1 saturated carbocycles. The van der Waals surface area contributed by atoms with Gasteiger partial charge in [-0.05, 0) is 107 Å². The number of carbonyl (C=O) groups excluding carboxylic acids is 5. The second kappa shape index (κ2) is 25.1. The molecule has 3 fully saturated rings. The summed E-state index contributed by atoms with van der Waals surface area (Å²) in [5, 5.41) is 33.8. The van der Waals surface area contributed by atoms with E-state index in [0.717, 1.165) is 12.0 Å². The van der Waals surface area contributed by atoms with E-state index in [-0.39, 0.29) is 54.8 Å². The topological polar surface area (TPSA) is 195 Å². The highest BCUT2D eigenvalue weighted by molar-refractivity contribution is 6.39. The average Bonchev–Trinajstić information content (AvgIpc) is 3.28. The summed E-state index contributed by atoms with van der Waals surface area (Å²) >= 11 is 0. The molecule has 11 unspecified atom stereocenters. The lowest BCUT2D eigenvalue weighted by molar-refractivity contribution is -0.265. The van der Waals surface area contributed by atoms with Gasteiger partial charge in [-0.25, -0.2) is 4.79 Å². The van der Waals surface area contributed by atoms with Gasteiger partial charge < -0.3 is 43.9 Å². The minimum Gasteiger partial charge on any atom is -0.460 e. The van der Waals surface area contributed by atoms with Crippen molar-refractivity contribution in [2.24, 2.45) is 35.5 Å². The molecule has 3 N–H and O–H groups in total. The van der Waals surface area contributed by atoms with Crippen LogP contribution in [0.15, 0.2) is 47.6 Å². The molecular weight excluding hydrogens is 835 g/mol. The maximum Gasteiger partial charge on any atom is 0.329 e. The van der Waals surface area contributed by atoms with E-state index in [1.807, 2.05) is 58.1 Å². The highest BCUT2D eigenvalue weighted by Gasteiger charge is 2.53. The van der Waals surface area contributed by atoms with Gasteiger partial charge in [0.05, 0.1) is 24.4 Å². The van der Waals surface area contributed by atoms with E-state index < -0.39 is 83.9 Å². The average molecular weight is 914 g/mol. The minimum absolute atomic E-state index is 0.0193. The fraction of sp³-hybridized carbons (Fsp3) is 0.745. The molecular formula is C51H79NO13. The minimum atomic E-state index is -2.43. The van der Waals surface area contributed by atoms with E-state index in [2.05, 4.69) is 0 Å². The van der Waals surface area contributed by atoms with Gasteiger partial charge in [0.15, 0.2) is 5.78 Å². The van der Waals surface area contributed by atoms with E-state index in [0.29, 0.717) is 63.4 Å². The zero-order valence-corrected chi connectivity index (χ0v) is 40.6. The molecule has 4 aliphatic rings. The molecule has 0 aromatic rings. The second-order valence-corrected chi connectivity index (χ2v) is 19.6. The molecule has 0 aromatic heterocycles. The third-order valence-electron chi connectivity index (χ3n) is 14.5. The number of hydrogen-bond donors (Lipinski definition) is 3. The summed E-state index contributed by atoms with van der Waals surface area (Å²) in [5.41, 5.74) is 1.27. The van der Waals surface area contributed by atoms with Crippen molar-refractivity contribution in [2.45, 2.75) is 180 Å². The van der Waals surface area contributed by atoms with Gasteiger partial charge in [-0.1, -0.05) is 71.1 Å². The molecule has 14 heteroatoms. The van der Waals surface area contributed by atoms with E-state index in [1.54, 1.807) is 41.1 Å². The van der Waals surface area contributed by atoms with E-state index in [1.165, 1.54) is 12.0 Å². The summed E-state index contributed by atoms with van der Waals surface area (Å²) in [6, 6.07) is -1.14. The van der Waals surface area contributed by atoms with E-state index in [9.17, 15) is 39.3 Å². The molecule has 2 saturated heterocycles. The van der Waals surface area contributed by atoms with Crippen molar-refractivity contribution in [1.29, 1.82) is 0 Å². The molecule has 3 heterocycles. The van der Waals surface area contributed by atoms with Crippen LogP contribution in [0.3, 0.4) is 0 Å². The highest BCUT2D eigenvalue weighted by atomic mass is 16.6. The van der Waals surface area contributed by atoms with Crippen molar-refractivity contribution < 1.29 is 63.0 Å². The van der Waals surface area contributed by atoms with Gasteiger partial charge in [0.25, 0.3) is 11.7 Å². The summed E-state index contributed by atoms with van der Waals surface area (Å²) in [7, 11) is 4.52. The number of ether oxygens (including phenoxy) is 5. The quantitative estimate of drug-likeness (QED) is 0.156. The van der Waals surface area contributed by atoms with Crippen molar-refractivity contribution in [3.05, 3.63) is 47.6 Å². The number of ketones is 3. The number of nitrogens with zero attached hydrogens (tertiary/aromatic N) is 1. The van der Waals surface area contributed by atoms with Gasteiger partial charge in [0, 0.05) is 58.5 Å². The first kappa shape index (κ1) is 54.2. The number of cyclic esters (lactones) is 1. The van der Waals surface area contributed by atoms with Crippen LogP contribution in [0.4, 0.5) is 0 Å². The number of rotatable bonds is 6. The van der Waals surface area contributed by atoms with Crippen molar-refractivity contribution >= 4 is 29.2 Å². The maximum atomic E-state index is 14.4. The third kappa shape index (κ3) is 14.3. The Morgan fingerprint density at radius 1 is 0.846 bits per heavy atom. The van der Waals surface area contributed by atoms with Gasteiger partial charge in [0.2, 0.25) is 5.79 Å². The highest BCUT2D eigenvalue weighted by Crippen LogP contribution is 2.38. The van der Waals surface area contributed by atoms with E-state index >= 15 is 0 Å². The molecule has 2 bridgehead atoms. The van der Waals surface area contributed by atoms with Crippen LogP contribution in [0.2, 0.25) is 0 Å². The molecule has 366 valence electrons. The predicted octanol–water partition coefficient (Wildman–Crippen LogP) is 6.18. The third-order valence-corrected chi connectivity index (χ3v) is 14.5. The summed E-state index contributed by atoms with van der Waals surface area (Å²) < 4.78 is 29.4. The molecule has 3 aliphatic heterocycles. The van der Waals surface area contributed by atoms with Crippen molar-refractivity contribution in [1.82, 2.24) is 4.90 Å². The fourth-order valence-electron chi connectivity index (χ4n) is 10.1. The Hall–Kier alpha value is -3.37. The standard InChI is InChI=1S/C51H79NO13/c1-30-16-12-11-13-17-31(2)42(61-8)28-38-21-19-36(7)51(60,65-38)48(57)49(58)52-23-15-14-18-39(52)50(59)64-43(33(4)26-37-20-22-40(53)44(27-37)62-9)29-41(54)32(3)25-35(6)46(56)47(63-10)45(55)34(5)24-30/h11-13,16-17,25,30,32-34,36-40,42-44,46-47,53,56,60H,14-15,18-24,26-29H2,1-10H3/b13-11+,16-12+,31-17+,35-25+/t30?,32?,33?,34?,36?,37?,38-,39?,40?,42-,43-,44?,46+,47?,51?/m0/s1. The van der Waals surface area contributed by atoms with Gasteiger partial charge in [-0.15, -0.1) is 0 Å². The Morgan fingerprint density at radius 2 is 1.57 bits per heavy atom. The zero-order chi connectivity index (χ0) is 48.2.